The summed E-state index contributed by atoms with van der Waals surface area (Å²) >= 11 is 0. The number of aliphatic imine (C=N–C) groups is 1. The minimum Gasteiger partial charge on any atom is -0.463 e. The molecule has 1 aromatic carbocycles. The number of epoxide rings is 1. The number of nitrogens with zero attached hydrogens (tertiary/aromatic N) is 3. The Balaban J connectivity index is 1.09. The lowest BCUT2D eigenvalue weighted by atomic mass is 9.69. The first kappa shape index (κ1) is 48.7. The Morgan fingerprint density at radius 1 is 1.07 bits per heavy atom. The summed E-state index contributed by atoms with van der Waals surface area (Å²) < 4.78 is 12.9. The average molecular weight is 926 g/mol. The number of allylic oxidation sites excluding steroid dienone is 3. The van der Waals surface area contributed by atoms with E-state index in [0.717, 1.165) is 42.5 Å². The number of pyridine rings is 2. The van der Waals surface area contributed by atoms with Crippen molar-refractivity contribution in [3.05, 3.63) is 118 Å². The van der Waals surface area contributed by atoms with E-state index in [2.05, 4.69) is 68.3 Å². The van der Waals surface area contributed by atoms with Gasteiger partial charge in [-0.2, -0.15) is 0 Å². The van der Waals surface area contributed by atoms with E-state index >= 15 is 14.4 Å². The SMILES string of the molecule is CN=C(N)NC(CC(C)=CCC12OC1(C(=O)OCC1CC3CCC=CC3=CC1NCC1CCCCC1)C(=O)c1c(CC(C)(C)Cc3ccc(N)nc3)cccc1C2=O)c1ccnc(NCNC)c1. The van der Waals surface area contributed by atoms with Crippen LogP contribution in [-0.4, -0.2) is 84.6 Å². The quantitative estimate of drug-likeness (QED) is 0.0132. The molecule has 5 aliphatic rings. The number of rotatable bonds is 19. The van der Waals surface area contributed by atoms with Crippen molar-refractivity contribution in [3.63, 3.8) is 0 Å². The average Bonchev–Trinajstić information content (AvgIpc) is 4.05. The minimum absolute atomic E-state index is 0.00473. The number of carbonyl (C=O) groups is 3. The van der Waals surface area contributed by atoms with Gasteiger partial charge in [-0.05, 0) is 130 Å². The molecule has 1 aliphatic heterocycles. The van der Waals surface area contributed by atoms with Gasteiger partial charge >= 0.3 is 5.97 Å². The summed E-state index contributed by atoms with van der Waals surface area (Å²) in [6.45, 7) is 7.74. The highest BCUT2D eigenvalue weighted by atomic mass is 16.7. The highest BCUT2D eigenvalue weighted by Gasteiger charge is 2.85. The summed E-state index contributed by atoms with van der Waals surface area (Å²) in [4.78, 5) is 58.5. The van der Waals surface area contributed by atoms with Crippen LogP contribution >= 0.6 is 0 Å². The molecule has 6 atom stereocenters. The van der Waals surface area contributed by atoms with E-state index < -0.39 is 28.7 Å². The van der Waals surface area contributed by atoms with Crippen molar-refractivity contribution in [1.82, 2.24) is 25.9 Å². The van der Waals surface area contributed by atoms with Crippen LogP contribution in [0, 0.1) is 23.2 Å². The van der Waals surface area contributed by atoms with Gasteiger partial charge in [-0.1, -0.05) is 87.3 Å². The van der Waals surface area contributed by atoms with Crippen LogP contribution in [0.2, 0.25) is 0 Å². The summed E-state index contributed by atoms with van der Waals surface area (Å²) in [7, 11) is 3.47. The second-order valence-corrected chi connectivity index (χ2v) is 20.5. The molecule has 4 aliphatic carbocycles. The van der Waals surface area contributed by atoms with Crippen LogP contribution in [0.25, 0.3) is 0 Å². The summed E-state index contributed by atoms with van der Waals surface area (Å²) in [6.07, 6.45) is 23.0. The number of hydrogen-bond donors (Lipinski definition) is 6. The standard InChI is InChI=1S/C54H71N9O5/c1-34(24-44(63-51(56)58-5)39-21-23-59-46(27-39)62-33-57-4)20-22-53-48(64)42-17-11-16-40(29-52(2,3)28-36-18-19-45(55)61-31-36)47(42)49(65)54(53,68-53)50(66)67-32-41-25-37-14-9-10-15-38(37)26-43(41)60-30-35-12-7-6-8-13-35/h10-11,15-21,23,26-27,31,35,37,41,43-44,57,60H,6-9,12-14,22,24-25,28-30,32-33H2,1-5H3,(H2,55,61)(H,59,62)(H3,56,58,63). The number of anilines is 2. The minimum atomic E-state index is -2.14. The summed E-state index contributed by atoms with van der Waals surface area (Å²) in [6, 6.07) is 12.7. The highest BCUT2D eigenvalue weighted by molar-refractivity contribution is 6.33. The Kier molecular flexibility index (Phi) is 15.0. The van der Waals surface area contributed by atoms with E-state index in [9.17, 15) is 0 Å². The lowest BCUT2D eigenvalue weighted by Crippen LogP contribution is -2.51. The second kappa shape index (κ2) is 20.9. The topological polar surface area (TPSA) is 211 Å². The van der Waals surface area contributed by atoms with Crippen molar-refractivity contribution in [2.45, 2.75) is 121 Å². The number of nitrogens with two attached hydrogens (primary N) is 2. The van der Waals surface area contributed by atoms with Crippen molar-refractivity contribution >= 4 is 35.1 Å². The number of Topliss-reactive ketones (excluding diaryl/α,β-unsaturated/α-hetero) is 2. The number of fused-ring (bicyclic) bond motifs is 3. The van der Waals surface area contributed by atoms with Crippen molar-refractivity contribution in [2.75, 3.05) is 45.0 Å². The molecule has 14 heteroatoms. The largest absolute Gasteiger partial charge is 0.463 e. The predicted octanol–water partition coefficient (Wildman–Crippen LogP) is 7.34. The van der Waals surface area contributed by atoms with Crippen molar-refractivity contribution in [3.8, 4) is 0 Å². The maximum Gasteiger partial charge on any atom is 0.350 e. The zero-order valence-corrected chi connectivity index (χ0v) is 40.5. The number of esters is 1. The Morgan fingerprint density at radius 2 is 1.90 bits per heavy atom. The van der Waals surface area contributed by atoms with Gasteiger partial charge in [0.15, 0.2) is 17.3 Å². The first-order chi connectivity index (χ1) is 32.8. The van der Waals surface area contributed by atoms with Crippen molar-refractivity contribution < 1.29 is 23.9 Å². The van der Waals surface area contributed by atoms with Crippen LogP contribution in [0.1, 0.15) is 128 Å². The molecule has 8 rings (SSSR count). The third kappa shape index (κ3) is 10.5. The highest BCUT2D eigenvalue weighted by Crippen LogP contribution is 2.59. The maximum atomic E-state index is 15.4. The number of ketones is 2. The number of nitrogens with one attached hydrogen (secondary N) is 4. The van der Waals surface area contributed by atoms with Crippen LogP contribution in [0.15, 0.2) is 95.3 Å². The third-order valence-corrected chi connectivity index (χ3v) is 14.8. The number of nitrogen functional groups attached to an aromatic ring is 1. The maximum absolute atomic E-state index is 15.4. The molecule has 3 heterocycles. The molecule has 2 aromatic heterocycles. The molecule has 68 heavy (non-hydrogen) atoms. The zero-order chi connectivity index (χ0) is 48.1. The van der Waals surface area contributed by atoms with Crippen LogP contribution in [0.4, 0.5) is 11.6 Å². The lowest BCUT2D eigenvalue weighted by molar-refractivity contribution is -0.150. The van der Waals surface area contributed by atoms with Gasteiger partial charge in [0.1, 0.15) is 11.6 Å². The molecule has 0 amide bonds. The van der Waals surface area contributed by atoms with E-state index in [0.29, 0.717) is 55.0 Å². The van der Waals surface area contributed by atoms with Crippen LogP contribution in [-0.2, 0) is 27.1 Å². The van der Waals surface area contributed by atoms with Gasteiger partial charge in [0.2, 0.25) is 5.78 Å². The number of ether oxygens (including phenoxy) is 2. The molecule has 0 radical (unpaired) electrons. The molecule has 2 fully saturated rings. The number of benzene rings is 1. The summed E-state index contributed by atoms with van der Waals surface area (Å²) in [5, 5.41) is 13.5. The zero-order valence-electron chi connectivity index (χ0n) is 40.5. The number of guanidine groups is 1. The van der Waals surface area contributed by atoms with Gasteiger partial charge in [-0.25, -0.2) is 14.8 Å². The van der Waals surface area contributed by atoms with Crippen molar-refractivity contribution in [2.24, 2.45) is 33.9 Å². The van der Waals surface area contributed by atoms with Gasteiger partial charge in [0, 0.05) is 48.9 Å². The monoisotopic (exact) mass is 926 g/mol. The molecule has 1 saturated carbocycles. The Labute approximate surface area is 401 Å². The second-order valence-electron chi connectivity index (χ2n) is 20.5. The molecule has 3 aromatic rings. The lowest BCUT2D eigenvalue weighted by Gasteiger charge is -2.37. The smallest absolute Gasteiger partial charge is 0.350 e. The van der Waals surface area contributed by atoms with Gasteiger partial charge in [-0.15, -0.1) is 0 Å². The van der Waals surface area contributed by atoms with Gasteiger partial charge in [-0.3, -0.25) is 14.6 Å². The molecule has 6 unspecified atom stereocenters. The summed E-state index contributed by atoms with van der Waals surface area (Å²) in [5.41, 5.74) is 13.2. The molecule has 0 spiro atoms. The normalized spacial score (nSPS) is 25.4. The Bertz CT molecular complexity index is 2460. The van der Waals surface area contributed by atoms with E-state index in [1.807, 2.05) is 50.4 Å². The predicted molar refractivity (Wildman–Crippen MR) is 267 cm³/mol. The molecule has 1 saturated heterocycles. The number of hydrogen-bond acceptors (Lipinski definition) is 12. The Morgan fingerprint density at radius 3 is 2.66 bits per heavy atom. The molecule has 8 N–H and O–H groups in total. The molecular formula is C54H71N9O5. The van der Waals surface area contributed by atoms with Gasteiger partial charge in [0.05, 0.1) is 19.3 Å². The van der Waals surface area contributed by atoms with E-state index in [1.165, 1.54) is 37.7 Å². The number of aromatic nitrogens is 2. The fourth-order valence-electron chi connectivity index (χ4n) is 11.2. The third-order valence-electron chi connectivity index (χ3n) is 14.8. The molecule has 14 nitrogen and oxygen atoms in total. The van der Waals surface area contributed by atoms with Gasteiger partial charge < -0.3 is 42.2 Å². The molecule has 0 bridgehead atoms. The molecule has 362 valence electrons. The fraction of sp³-hybridized carbons (Fsp3) is 0.519. The number of carbonyl (C=O) groups excluding carboxylic acids is 3. The van der Waals surface area contributed by atoms with E-state index in [1.54, 1.807) is 31.6 Å². The van der Waals surface area contributed by atoms with Crippen molar-refractivity contribution in [1.29, 1.82) is 0 Å². The first-order valence-corrected chi connectivity index (χ1v) is 24.7. The summed E-state index contributed by atoms with van der Waals surface area (Å²) in [5.74, 6) is 0.658. The van der Waals surface area contributed by atoms with E-state index in [-0.39, 0.29) is 53.5 Å². The van der Waals surface area contributed by atoms with Crippen LogP contribution < -0.4 is 32.7 Å². The van der Waals surface area contributed by atoms with Crippen LogP contribution in [0.3, 0.4) is 0 Å². The first-order valence-electron chi connectivity index (χ1n) is 24.7. The fourth-order valence-corrected chi connectivity index (χ4v) is 11.2. The van der Waals surface area contributed by atoms with Gasteiger partial charge in [0.25, 0.3) is 5.60 Å². The van der Waals surface area contributed by atoms with E-state index in [4.69, 9.17) is 20.9 Å². The van der Waals surface area contributed by atoms with Crippen LogP contribution in [0.5, 0.6) is 0 Å². The molecular weight excluding hydrogens is 855 g/mol. The Hall–Kier alpha value is -5.70.